The summed E-state index contributed by atoms with van der Waals surface area (Å²) in [6, 6.07) is 6.51. The quantitative estimate of drug-likeness (QED) is 0.151. The molecule has 0 aliphatic heterocycles. The Morgan fingerprint density at radius 2 is 1.31 bits per heavy atom. The van der Waals surface area contributed by atoms with Crippen LogP contribution in [0.2, 0.25) is 0 Å². The SMILES string of the molecule is CCCCN(CCCC)CCN(N)/C(=N\N)c1ccc(N(CCCC)CCCC)c(C)c1. The first kappa shape index (κ1) is 28.2. The van der Waals surface area contributed by atoms with Gasteiger partial charge in [-0.25, -0.2) is 5.84 Å². The van der Waals surface area contributed by atoms with Gasteiger partial charge in [0.1, 0.15) is 0 Å². The fourth-order valence-corrected chi connectivity index (χ4v) is 3.97. The molecule has 0 aliphatic rings. The maximum Gasteiger partial charge on any atom is 0.169 e. The lowest BCUT2D eigenvalue weighted by Gasteiger charge is -2.28. The Morgan fingerprint density at radius 1 is 0.781 bits per heavy atom. The molecule has 6 heteroatoms. The summed E-state index contributed by atoms with van der Waals surface area (Å²) in [5.74, 6) is 12.9. The van der Waals surface area contributed by atoms with Crippen LogP contribution in [-0.4, -0.2) is 55.0 Å². The van der Waals surface area contributed by atoms with Gasteiger partial charge in [0, 0.05) is 37.4 Å². The summed E-state index contributed by atoms with van der Waals surface area (Å²) in [6.07, 6.45) is 9.71. The average Bonchev–Trinajstić information content (AvgIpc) is 2.79. The molecule has 32 heavy (non-hydrogen) atoms. The number of hydrazone groups is 1. The van der Waals surface area contributed by atoms with Gasteiger partial charge in [0.25, 0.3) is 0 Å². The van der Waals surface area contributed by atoms with Crippen molar-refractivity contribution < 1.29 is 0 Å². The highest BCUT2D eigenvalue weighted by Gasteiger charge is 2.15. The van der Waals surface area contributed by atoms with Crippen molar-refractivity contribution in [2.75, 3.05) is 44.2 Å². The van der Waals surface area contributed by atoms with Crippen LogP contribution in [0.1, 0.15) is 90.2 Å². The fourth-order valence-electron chi connectivity index (χ4n) is 3.97. The van der Waals surface area contributed by atoms with E-state index in [1.807, 2.05) is 0 Å². The third-order valence-electron chi connectivity index (χ3n) is 6.07. The number of nitrogens with two attached hydrogens (primary N) is 2. The number of anilines is 1. The lowest BCUT2D eigenvalue weighted by atomic mass is 10.1. The van der Waals surface area contributed by atoms with Crippen LogP contribution in [0, 0.1) is 6.92 Å². The zero-order valence-corrected chi connectivity index (χ0v) is 21.6. The number of nitrogens with zero attached hydrogens (tertiary/aromatic N) is 4. The van der Waals surface area contributed by atoms with Gasteiger partial charge in [-0.15, -0.1) is 0 Å². The molecule has 0 fully saturated rings. The minimum absolute atomic E-state index is 0.652. The van der Waals surface area contributed by atoms with E-state index >= 15 is 0 Å². The summed E-state index contributed by atoms with van der Waals surface area (Å²) >= 11 is 0. The molecular weight excluding hydrogens is 396 g/mol. The topological polar surface area (TPSA) is 74.1 Å². The normalized spacial score (nSPS) is 11.9. The molecule has 4 N–H and O–H groups in total. The number of hydrazine groups is 1. The molecular formula is C26H50N6. The molecule has 184 valence electrons. The highest BCUT2D eigenvalue weighted by Crippen LogP contribution is 2.23. The molecule has 0 aliphatic carbocycles. The van der Waals surface area contributed by atoms with Crippen LogP contribution in [0.4, 0.5) is 5.69 Å². The lowest BCUT2D eigenvalue weighted by Crippen LogP contribution is -2.44. The summed E-state index contributed by atoms with van der Waals surface area (Å²) in [6.45, 7) is 17.2. The van der Waals surface area contributed by atoms with E-state index in [9.17, 15) is 0 Å². The van der Waals surface area contributed by atoms with E-state index in [-0.39, 0.29) is 0 Å². The third-order valence-corrected chi connectivity index (χ3v) is 6.07. The van der Waals surface area contributed by atoms with E-state index in [0.29, 0.717) is 12.4 Å². The Bertz CT molecular complexity index is 629. The molecule has 0 saturated carbocycles. The Labute approximate surface area is 198 Å². The van der Waals surface area contributed by atoms with Crippen LogP contribution in [-0.2, 0) is 0 Å². The van der Waals surface area contributed by atoms with Gasteiger partial charge in [0.05, 0.1) is 0 Å². The van der Waals surface area contributed by atoms with E-state index in [2.05, 4.69) is 67.7 Å². The smallest absolute Gasteiger partial charge is 0.169 e. The van der Waals surface area contributed by atoms with E-state index in [1.54, 1.807) is 5.01 Å². The van der Waals surface area contributed by atoms with Gasteiger partial charge in [0.2, 0.25) is 0 Å². The second kappa shape index (κ2) is 16.8. The highest BCUT2D eigenvalue weighted by atomic mass is 15.5. The van der Waals surface area contributed by atoms with Gasteiger partial charge in [-0.1, -0.05) is 53.4 Å². The monoisotopic (exact) mass is 446 g/mol. The van der Waals surface area contributed by atoms with Crippen molar-refractivity contribution in [1.29, 1.82) is 0 Å². The van der Waals surface area contributed by atoms with Crippen molar-refractivity contribution in [3.8, 4) is 0 Å². The Hall–Kier alpha value is -1.79. The average molecular weight is 447 g/mol. The molecule has 0 radical (unpaired) electrons. The van der Waals surface area contributed by atoms with Crippen molar-refractivity contribution in [3.63, 3.8) is 0 Å². The summed E-state index contributed by atoms with van der Waals surface area (Å²) in [4.78, 5) is 5.03. The first-order valence-corrected chi connectivity index (χ1v) is 12.9. The fraction of sp³-hybridized carbons (Fsp3) is 0.731. The summed E-state index contributed by atoms with van der Waals surface area (Å²) in [7, 11) is 0. The Balaban J connectivity index is 2.88. The van der Waals surface area contributed by atoms with E-state index in [1.165, 1.54) is 62.6 Å². The lowest BCUT2D eigenvalue weighted by molar-refractivity contribution is 0.241. The van der Waals surface area contributed by atoms with Crippen LogP contribution in [0.25, 0.3) is 0 Å². The Kier molecular flexibility index (Phi) is 14.8. The van der Waals surface area contributed by atoms with Crippen LogP contribution in [0.5, 0.6) is 0 Å². The van der Waals surface area contributed by atoms with Gasteiger partial charge in [0.15, 0.2) is 5.84 Å². The van der Waals surface area contributed by atoms with Crippen molar-refractivity contribution in [2.24, 2.45) is 16.8 Å². The minimum atomic E-state index is 0.652. The number of rotatable bonds is 17. The molecule has 0 bridgehead atoms. The van der Waals surface area contributed by atoms with Gasteiger partial charge < -0.3 is 15.6 Å². The van der Waals surface area contributed by atoms with E-state index < -0.39 is 0 Å². The predicted molar refractivity (Wildman–Crippen MR) is 141 cm³/mol. The maximum atomic E-state index is 6.43. The molecule has 0 aromatic heterocycles. The van der Waals surface area contributed by atoms with Crippen molar-refractivity contribution in [1.82, 2.24) is 9.91 Å². The number of amidine groups is 1. The van der Waals surface area contributed by atoms with Crippen LogP contribution < -0.4 is 16.6 Å². The number of hydrogen-bond donors (Lipinski definition) is 2. The molecule has 0 heterocycles. The third kappa shape index (κ3) is 9.78. The zero-order chi connectivity index (χ0) is 23.8. The van der Waals surface area contributed by atoms with Gasteiger partial charge in [-0.2, -0.15) is 5.10 Å². The van der Waals surface area contributed by atoms with Crippen LogP contribution in [0.3, 0.4) is 0 Å². The molecule has 0 unspecified atom stereocenters. The second-order valence-electron chi connectivity index (χ2n) is 8.89. The van der Waals surface area contributed by atoms with Crippen molar-refractivity contribution in [3.05, 3.63) is 29.3 Å². The molecule has 0 saturated heterocycles. The maximum absolute atomic E-state index is 6.43. The molecule has 0 spiro atoms. The zero-order valence-electron chi connectivity index (χ0n) is 21.6. The van der Waals surface area contributed by atoms with Crippen LogP contribution >= 0.6 is 0 Å². The first-order chi connectivity index (χ1) is 15.5. The molecule has 1 rings (SSSR count). The van der Waals surface area contributed by atoms with Crippen molar-refractivity contribution in [2.45, 2.75) is 86.0 Å². The summed E-state index contributed by atoms with van der Waals surface area (Å²) < 4.78 is 0. The number of unbranched alkanes of at least 4 members (excludes halogenated alkanes) is 4. The van der Waals surface area contributed by atoms with Crippen LogP contribution in [0.15, 0.2) is 23.3 Å². The summed E-state index contributed by atoms with van der Waals surface area (Å²) in [5, 5.41) is 5.77. The molecule has 0 amide bonds. The number of aryl methyl sites for hydroxylation is 1. The predicted octanol–water partition coefficient (Wildman–Crippen LogP) is 5.10. The molecule has 6 nitrogen and oxygen atoms in total. The minimum Gasteiger partial charge on any atom is -0.371 e. The van der Waals surface area contributed by atoms with Crippen molar-refractivity contribution >= 4 is 11.5 Å². The van der Waals surface area contributed by atoms with E-state index in [0.717, 1.165) is 38.3 Å². The van der Waals surface area contributed by atoms with Gasteiger partial charge in [-0.3, -0.25) is 5.01 Å². The highest BCUT2D eigenvalue weighted by molar-refractivity contribution is 5.98. The first-order valence-electron chi connectivity index (χ1n) is 12.9. The number of hydrogen-bond acceptors (Lipinski definition) is 5. The number of benzene rings is 1. The van der Waals surface area contributed by atoms with Gasteiger partial charge in [-0.05, 0) is 69.5 Å². The Morgan fingerprint density at radius 3 is 1.78 bits per heavy atom. The summed E-state index contributed by atoms with van der Waals surface area (Å²) in [5.41, 5.74) is 3.54. The molecule has 0 atom stereocenters. The van der Waals surface area contributed by atoms with E-state index in [4.69, 9.17) is 11.7 Å². The largest absolute Gasteiger partial charge is 0.371 e. The molecule has 1 aromatic carbocycles. The standard InChI is InChI=1S/C26H50N6/c1-6-10-16-30(17-11-7-2)20-21-32(28)26(29-27)24-14-15-25(23(5)22-24)31(18-12-8-3)19-13-9-4/h14-15,22H,6-13,16-21,27-28H2,1-5H3/b29-26-. The second-order valence-corrected chi connectivity index (χ2v) is 8.89. The molecule has 1 aromatic rings. The van der Waals surface area contributed by atoms with Gasteiger partial charge >= 0.3 is 0 Å².